The van der Waals surface area contributed by atoms with Crippen molar-refractivity contribution in [2.75, 3.05) is 35.3 Å². The fourth-order valence-electron chi connectivity index (χ4n) is 1.58. The number of ether oxygens (including phenoxy) is 1. The Morgan fingerprint density at radius 1 is 1.00 bits per heavy atom. The Bertz CT molecular complexity index is 307. The van der Waals surface area contributed by atoms with Crippen molar-refractivity contribution in [3.8, 4) is 5.75 Å². The van der Waals surface area contributed by atoms with Crippen LogP contribution in [-0.2, 0) is 0 Å². The molecule has 0 fully saturated rings. The summed E-state index contributed by atoms with van der Waals surface area (Å²) in [6.07, 6.45) is 0. The smallest absolute Gasteiger partial charge is 0.129 e. The first-order chi connectivity index (χ1) is 7.07. The van der Waals surface area contributed by atoms with Gasteiger partial charge in [-0.15, -0.1) is 0 Å². The molecule has 1 aromatic carbocycles. The molecule has 0 heterocycles. The van der Waals surface area contributed by atoms with E-state index in [1.165, 1.54) is 5.30 Å². The maximum atomic E-state index is 5.39. The molecule has 0 aromatic heterocycles. The topological polar surface area (TPSA) is 15.7 Å². The largest absolute Gasteiger partial charge is 0.496 e. The van der Waals surface area contributed by atoms with E-state index in [4.69, 9.17) is 4.74 Å². The fraction of sp³-hybridized carbons (Fsp3) is 0.455. The molecule has 0 atom stereocenters. The van der Waals surface area contributed by atoms with E-state index in [9.17, 15) is 0 Å². The van der Waals surface area contributed by atoms with Crippen LogP contribution in [0.4, 0.5) is 0 Å². The zero-order chi connectivity index (χ0) is 11.4. The quantitative estimate of drug-likeness (QED) is 0.727. The third-order valence-corrected chi connectivity index (χ3v) is 4.37. The van der Waals surface area contributed by atoms with Gasteiger partial charge in [0, 0.05) is 5.30 Å². The van der Waals surface area contributed by atoms with E-state index in [2.05, 4.69) is 49.7 Å². The lowest BCUT2D eigenvalue weighted by atomic mass is 10.3. The highest BCUT2D eigenvalue weighted by molar-refractivity contribution is 7.61. The highest BCUT2D eigenvalue weighted by Crippen LogP contribution is 2.41. The van der Waals surface area contributed by atoms with Crippen molar-refractivity contribution in [3.63, 3.8) is 0 Å². The number of benzene rings is 1. The molecule has 84 valence electrons. The van der Waals surface area contributed by atoms with E-state index >= 15 is 0 Å². The number of hydrogen-bond acceptors (Lipinski definition) is 3. The molecule has 0 saturated carbocycles. The molecule has 0 N–H and O–H groups in total. The van der Waals surface area contributed by atoms with Gasteiger partial charge in [-0.2, -0.15) is 0 Å². The molecule has 0 amide bonds. The minimum atomic E-state index is -0.459. The second kappa shape index (κ2) is 5.45. The Morgan fingerprint density at radius 3 is 2.00 bits per heavy atom. The maximum Gasteiger partial charge on any atom is 0.129 e. The Kier molecular flexibility index (Phi) is 4.52. The van der Waals surface area contributed by atoms with Gasteiger partial charge >= 0.3 is 0 Å². The van der Waals surface area contributed by atoms with Gasteiger partial charge in [-0.1, -0.05) is 12.1 Å². The van der Waals surface area contributed by atoms with Gasteiger partial charge in [-0.05, 0) is 40.3 Å². The van der Waals surface area contributed by atoms with Crippen molar-refractivity contribution in [1.82, 2.24) is 9.34 Å². The molecular weight excluding hydrogens is 207 g/mol. The van der Waals surface area contributed by atoms with Crippen LogP contribution in [0.15, 0.2) is 24.3 Å². The van der Waals surface area contributed by atoms with Gasteiger partial charge in [0.2, 0.25) is 0 Å². The molecule has 0 spiro atoms. The van der Waals surface area contributed by atoms with Crippen LogP contribution >= 0.6 is 8.22 Å². The van der Waals surface area contributed by atoms with E-state index in [0.717, 1.165) is 5.75 Å². The van der Waals surface area contributed by atoms with Crippen molar-refractivity contribution in [2.24, 2.45) is 0 Å². The first-order valence-electron chi connectivity index (χ1n) is 4.85. The number of para-hydroxylation sites is 1. The van der Waals surface area contributed by atoms with E-state index in [1.807, 2.05) is 12.1 Å². The molecule has 0 aliphatic rings. The summed E-state index contributed by atoms with van der Waals surface area (Å²) in [7, 11) is 9.64. The van der Waals surface area contributed by atoms with Gasteiger partial charge in [-0.3, -0.25) is 9.34 Å². The lowest BCUT2D eigenvalue weighted by Gasteiger charge is -2.31. The van der Waals surface area contributed by atoms with E-state index in [0.29, 0.717) is 0 Å². The number of hydrogen-bond donors (Lipinski definition) is 0. The minimum absolute atomic E-state index is 0.459. The van der Waals surface area contributed by atoms with Crippen molar-refractivity contribution in [3.05, 3.63) is 24.3 Å². The van der Waals surface area contributed by atoms with Crippen LogP contribution in [-0.4, -0.2) is 44.6 Å². The molecule has 0 aliphatic heterocycles. The Morgan fingerprint density at radius 2 is 1.53 bits per heavy atom. The molecular formula is C11H19N2OP. The average Bonchev–Trinajstić information content (AvgIpc) is 2.17. The summed E-state index contributed by atoms with van der Waals surface area (Å²) in [5.41, 5.74) is 0. The summed E-state index contributed by atoms with van der Waals surface area (Å²) in [5, 5.41) is 1.25. The van der Waals surface area contributed by atoms with Crippen molar-refractivity contribution in [1.29, 1.82) is 0 Å². The monoisotopic (exact) mass is 226 g/mol. The second-order valence-corrected chi connectivity index (χ2v) is 6.32. The normalized spacial score (nSPS) is 11.5. The lowest BCUT2D eigenvalue weighted by molar-refractivity contribution is 0.417. The minimum Gasteiger partial charge on any atom is -0.496 e. The molecule has 15 heavy (non-hydrogen) atoms. The predicted molar refractivity (Wildman–Crippen MR) is 66.9 cm³/mol. The van der Waals surface area contributed by atoms with Gasteiger partial charge in [0.25, 0.3) is 0 Å². The van der Waals surface area contributed by atoms with Gasteiger partial charge in [-0.25, -0.2) is 0 Å². The van der Waals surface area contributed by atoms with Crippen LogP contribution in [0.2, 0.25) is 0 Å². The molecule has 1 rings (SSSR count). The number of rotatable bonds is 4. The maximum absolute atomic E-state index is 5.39. The van der Waals surface area contributed by atoms with Crippen LogP contribution in [0.5, 0.6) is 5.75 Å². The zero-order valence-corrected chi connectivity index (χ0v) is 11.0. The Hall–Kier alpha value is -0.630. The molecule has 0 radical (unpaired) electrons. The number of methoxy groups -OCH3 is 1. The van der Waals surface area contributed by atoms with Gasteiger partial charge in [0.05, 0.1) is 15.3 Å². The summed E-state index contributed by atoms with van der Waals surface area (Å²) in [4.78, 5) is 0. The van der Waals surface area contributed by atoms with Crippen LogP contribution in [0.1, 0.15) is 0 Å². The molecule has 4 heteroatoms. The lowest BCUT2D eigenvalue weighted by Crippen LogP contribution is -2.25. The van der Waals surface area contributed by atoms with Crippen LogP contribution in [0.3, 0.4) is 0 Å². The van der Waals surface area contributed by atoms with Crippen molar-refractivity contribution >= 4 is 13.5 Å². The summed E-state index contributed by atoms with van der Waals surface area (Å²) >= 11 is 0. The van der Waals surface area contributed by atoms with E-state index in [-0.39, 0.29) is 0 Å². The zero-order valence-electron chi connectivity index (χ0n) is 10.1. The summed E-state index contributed by atoms with van der Waals surface area (Å²) in [5.74, 6) is 0.964. The highest BCUT2D eigenvalue weighted by atomic mass is 31.1. The molecule has 3 nitrogen and oxygen atoms in total. The third-order valence-electron chi connectivity index (χ3n) is 2.06. The van der Waals surface area contributed by atoms with Gasteiger partial charge < -0.3 is 4.74 Å². The Balaban J connectivity index is 3.10. The van der Waals surface area contributed by atoms with E-state index < -0.39 is 8.22 Å². The summed E-state index contributed by atoms with van der Waals surface area (Å²) in [6, 6.07) is 8.20. The molecule has 0 unspecified atom stereocenters. The first kappa shape index (κ1) is 12.4. The summed E-state index contributed by atoms with van der Waals surface area (Å²) < 4.78 is 9.85. The highest BCUT2D eigenvalue weighted by Gasteiger charge is 2.19. The third kappa shape index (κ3) is 2.91. The standard InChI is InChI=1S/C11H19N2OP/c1-12(2)15(13(3)4)11-9-7-6-8-10(11)14-5/h6-9H,1-5H3. The molecule has 1 aromatic rings. The van der Waals surface area contributed by atoms with Crippen molar-refractivity contribution < 1.29 is 4.74 Å². The Labute approximate surface area is 93.5 Å². The SMILES string of the molecule is COc1ccccc1P(N(C)C)N(C)C. The predicted octanol–water partition coefficient (Wildman–Crippen LogP) is 1.76. The van der Waals surface area contributed by atoms with E-state index in [1.54, 1.807) is 7.11 Å². The summed E-state index contributed by atoms with van der Waals surface area (Å²) in [6.45, 7) is 0. The van der Waals surface area contributed by atoms with Gasteiger partial charge in [0.15, 0.2) is 0 Å². The van der Waals surface area contributed by atoms with Gasteiger partial charge in [0.1, 0.15) is 5.75 Å². The molecule has 0 bridgehead atoms. The van der Waals surface area contributed by atoms with Crippen LogP contribution in [0, 0.1) is 0 Å². The second-order valence-electron chi connectivity index (χ2n) is 3.66. The molecule has 0 saturated heterocycles. The fourth-order valence-corrected chi connectivity index (χ4v) is 3.74. The van der Waals surface area contributed by atoms with Crippen molar-refractivity contribution in [2.45, 2.75) is 0 Å². The average molecular weight is 226 g/mol. The van der Waals surface area contributed by atoms with Crippen LogP contribution < -0.4 is 10.0 Å². The first-order valence-corrected chi connectivity index (χ1v) is 6.10. The number of nitrogens with zero attached hydrogens (tertiary/aromatic N) is 2. The van der Waals surface area contributed by atoms with Crippen LogP contribution in [0.25, 0.3) is 0 Å². The molecule has 0 aliphatic carbocycles.